The summed E-state index contributed by atoms with van der Waals surface area (Å²) in [5.74, 6) is 1.90. The molecule has 5 aromatic carbocycles. The van der Waals surface area contributed by atoms with E-state index in [1.165, 1.54) is 15.5 Å². The second-order valence-electron chi connectivity index (χ2n) is 11.3. The van der Waals surface area contributed by atoms with Gasteiger partial charge in [-0.3, -0.25) is 4.98 Å². The van der Waals surface area contributed by atoms with Gasteiger partial charge >= 0.3 is 0 Å². The summed E-state index contributed by atoms with van der Waals surface area (Å²) in [6.45, 7) is 0. The summed E-state index contributed by atoms with van der Waals surface area (Å²) >= 11 is 1.72. The monoisotopic (exact) mass is 619 g/mol. The van der Waals surface area contributed by atoms with Crippen molar-refractivity contribution in [3.8, 4) is 56.7 Å². The topological polar surface area (TPSA) is 64.5 Å². The summed E-state index contributed by atoms with van der Waals surface area (Å²) in [6, 6.07) is 49.6. The van der Waals surface area contributed by atoms with Gasteiger partial charge in [0.2, 0.25) is 0 Å². The highest BCUT2D eigenvalue weighted by Crippen LogP contribution is 2.38. The first-order chi connectivity index (χ1) is 23.3. The maximum absolute atomic E-state index is 5.09. The number of rotatable bonds is 5. The molecule has 4 heterocycles. The van der Waals surface area contributed by atoms with Gasteiger partial charge in [-0.05, 0) is 35.2 Å². The molecule has 0 N–H and O–H groups in total. The van der Waals surface area contributed by atoms with E-state index in [4.69, 9.17) is 24.9 Å². The van der Waals surface area contributed by atoms with Crippen LogP contribution < -0.4 is 0 Å². The van der Waals surface area contributed by atoms with E-state index in [2.05, 4.69) is 84.9 Å². The lowest BCUT2D eigenvalue weighted by molar-refractivity contribution is 1.07. The zero-order valence-corrected chi connectivity index (χ0v) is 25.9. The Kier molecular flexibility index (Phi) is 6.58. The van der Waals surface area contributed by atoms with E-state index >= 15 is 0 Å². The molecular formula is C41H25N5S. The lowest BCUT2D eigenvalue weighted by atomic mass is 9.97. The van der Waals surface area contributed by atoms with Gasteiger partial charge in [0.05, 0.1) is 11.4 Å². The maximum Gasteiger partial charge on any atom is 0.164 e. The molecule has 0 saturated carbocycles. The summed E-state index contributed by atoms with van der Waals surface area (Å²) in [6.07, 6.45) is 1.96. The second-order valence-corrected chi connectivity index (χ2v) is 12.4. The van der Waals surface area contributed by atoms with Crippen molar-refractivity contribution in [2.75, 3.05) is 0 Å². The van der Waals surface area contributed by atoms with Gasteiger partial charge in [0.15, 0.2) is 17.5 Å². The third-order valence-corrected chi connectivity index (χ3v) is 9.49. The van der Waals surface area contributed by atoms with Crippen LogP contribution in [0.2, 0.25) is 0 Å². The zero-order valence-electron chi connectivity index (χ0n) is 25.1. The number of hydrogen-bond acceptors (Lipinski definition) is 6. The number of pyridine rings is 2. The van der Waals surface area contributed by atoms with Crippen LogP contribution in [0.25, 0.3) is 87.8 Å². The molecule has 0 amide bonds. The third kappa shape index (κ3) is 4.92. The Hall–Kier alpha value is -6.11. The number of nitrogens with zero attached hydrogens (tertiary/aromatic N) is 5. The van der Waals surface area contributed by atoms with Gasteiger partial charge < -0.3 is 0 Å². The van der Waals surface area contributed by atoms with Crippen LogP contribution in [-0.2, 0) is 0 Å². The van der Waals surface area contributed by atoms with Crippen LogP contribution in [0.1, 0.15) is 0 Å². The minimum absolute atomic E-state index is 0.620. The Balaban J connectivity index is 1.16. The second kappa shape index (κ2) is 11.4. The highest BCUT2D eigenvalue weighted by Gasteiger charge is 2.16. The first-order valence-electron chi connectivity index (χ1n) is 15.4. The highest BCUT2D eigenvalue weighted by atomic mass is 32.1. The number of aromatic nitrogens is 5. The Bertz CT molecular complexity index is 2520. The summed E-state index contributed by atoms with van der Waals surface area (Å²) < 4.78 is 1.24. The van der Waals surface area contributed by atoms with Crippen LogP contribution in [0.5, 0.6) is 0 Å². The van der Waals surface area contributed by atoms with Crippen molar-refractivity contribution in [2.24, 2.45) is 0 Å². The van der Waals surface area contributed by atoms with Gasteiger partial charge in [0.25, 0.3) is 0 Å². The van der Waals surface area contributed by atoms with E-state index in [9.17, 15) is 0 Å². The Labute approximate surface area is 275 Å². The van der Waals surface area contributed by atoms with Crippen LogP contribution in [0.15, 0.2) is 152 Å². The quantitative estimate of drug-likeness (QED) is 0.192. The van der Waals surface area contributed by atoms with Crippen molar-refractivity contribution < 1.29 is 0 Å². The Morgan fingerprint density at radius 3 is 1.70 bits per heavy atom. The number of benzene rings is 5. The van der Waals surface area contributed by atoms with Crippen molar-refractivity contribution in [1.82, 2.24) is 24.9 Å². The van der Waals surface area contributed by atoms with Crippen molar-refractivity contribution in [3.05, 3.63) is 152 Å². The van der Waals surface area contributed by atoms with Crippen molar-refractivity contribution in [3.63, 3.8) is 0 Å². The number of hydrogen-bond donors (Lipinski definition) is 0. The van der Waals surface area contributed by atoms with Gasteiger partial charge in [-0.1, -0.05) is 121 Å². The maximum atomic E-state index is 5.09. The minimum Gasteiger partial charge on any atom is -0.253 e. The van der Waals surface area contributed by atoms with E-state index < -0.39 is 0 Å². The van der Waals surface area contributed by atoms with Crippen LogP contribution in [0, 0.1) is 0 Å². The predicted molar refractivity (Wildman–Crippen MR) is 193 cm³/mol. The van der Waals surface area contributed by atoms with Crippen LogP contribution in [0.3, 0.4) is 0 Å². The lowest BCUT2D eigenvalue weighted by Gasteiger charge is -2.12. The van der Waals surface area contributed by atoms with Crippen molar-refractivity contribution >= 4 is 42.4 Å². The molecule has 0 aliphatic rings. The molecule has 0 unspecified atom stereocenters. The van der Waals surface area contributed by atoms with E-state index in [0.717, 1.165) is 54.8 Å². The van der Waals surface area contributed by atoms with Crippen LogP contribution in [-0.4, -0.2) is 24.9 Å². The molecule has 9 aromatic rings. The van der Waals surface area contributed by atoms with Crippen molar-refractivity contribution in [1.29, 1.82) is 0 Å². The Morgan fingerprint density at radius 1 is 0.404 bits per heavy atom. The van der Waals surface area contributed by atoms with E-state index in [1.807, 2.05) is 66.9 Å². The smallest absolute Gasteiger partial charge is 0.164 e. The third-order valence-electron chi connectivity index (χ3n) is 8.41. The molecule has 0 radical (unpaired) electrons. The fraction of sp³-hybridized carbons (Fsp3) is 0. The Morgan fingerprint density at radius 2 is 0.979 bits per heavy atom. The summed E-state index contributed by atoms with van der Waals surface area (Å²) in [5, 5.41) is 4.58. The fourth-order valence-electron chi connectivity index (χ4n) is 6.13. The largest absolute Gasteiger partial charge is 0.253 e. The van der Waals surface area contributed by atoms with E-state index in [1.54, 1.807) is 11.3 Å². The molecule has 6 heteroatoms. The summed E-state index contributed by atoms with van der Waals surface area (Å²) in [4.78, 5) is 25.9. The average molecular weight is 620 g/mol. The van der Waals surface area contributed by atoms with Crippen LogP contribution >= 0.6 is 11.3 Å². The normalized spacial score (nSPS) is 11.4. The molecule has 0 spiro atoms. The molecule has 5 nitrogen and oxygen atoms in total. The molecule has 0 aliphatic heterocycles. The molecule has 9 rings (SSSR count). The average Bonchev–Trinajstić information content (AvgIpc) is 3.53. The van der Waals surface area contributed by atoms with Crippen LogP contribution in [0.4, 0.5) is 0 Å². The molecule has 0 saturated heterocycles. The van der Waals surface area contributed by atoms with Crippen molar-refractivity contribution in [2.45, 2.75) is 0 Å². The highest BCUT2D eigenvalue weighted by molar-refractivity contribution is 7.25. The summed E-state index contributed by atoms with van der Waals surface area (Å²) in [7, 11) is 0. The predicted octanol–water partition coefficient (Wildman–Crippen LogP) is 10.5. The molecule has 0 aliphatic carbocycles. The number of thiophene rings is 1. The molecule has 4 aromatic heterocycles. The lowest BCUT2D eigenvalue weighted by Crippen LogP contribution is -2.00. The first-order valence-corrected chi connectivity index (χ1v) is 16.2. The van der Waals surface area contributed by atoms with Gasteiger partial charge in [-0.2, -0.15) is 0 Å². The van der Waals surface area contributed by atoms with Gasteiger partial charge in [-0.15, -0.1) is 11.3 Å². The SMILES string of the molecule is c1ccc(-c2nc(-c3ccccc3)nc(-c3cccc(-c4cnc(-c5ccc6c(n5)sc5ccccc56)c5ccccc45)c3)n2)cc1. The van der Waals surface area contributed by atoms with Gasteiger partial charge in [0.1, 0.15) is 4.83 Å². The minimum atomic E-state index is 0.620. The van der Waals surface area contributed by atoms with E-state index in [-0.39, 0.29) is 0 Å². The molecular weight excluding hydrogens is 595 g/mol. The molecule has 220 valence electrons. The number of fused-ring (bicyclic) bond motifs is 4. The zero-order chi connectivity index (χ0) is 31.2. The molecule has 0 bridgehead atoms. The van der Waals surface area contributed by atoms with Gasteiger partial charge in [-0.25, -0.2) is 19.9 Å². The molecule has 47 heavy (non-hydrogen) atoms. The molecule has 0 atom stereocenters. The molecule has 0 fully saturated rings. The van der Waals surface area contributed by atoms with Gasteiger partial charge in [0, 0.05) is 49.3 Å². The fourth-order valence-corrected chi connectivity index (χ4v) is 7.20. The van der Waals surface area contributed by atoms with E-state index in [0.29, 0.717) is 17.5 Å². The standard InChI is InChI=1S/C41H25N5S/c1-3-12-26(13-4-1)38-44-39(27-14-5-2-6-15-27)46-40(45-38)29-17-11-16-28(24-29)34-25-42-37(32-20-8-7-18-30(32)34)35-23-22-33-31-19-9-10-21-36(31)47-41(33)43-35/h1-25H. The summed E-state index contributed by atoms with van der Waals surface area (Å²) in [5.41, 5.74) is 6.60. The first kappa shape index (κ1) is 27.2.